The summed E-state index contributed by atoms with van der Waals surface area (Å²) < 4.78 is 0. The van der Waals surface area contributed by atoms with Crippen LogP contribution in [0.4, 0.5) is 0 Å². The van der Waals surface area contributed by atoms with Gasteiger partial charge in [0.25, 0.3) is 0 Å². The fourth-order valence-electron chi connectivity index (χ4n) is 4.20. The van der Waals surface area contributed by atoms with E-state index in [-0.39, 0.29) is 0 Å². The number of rotatable bonds is 2. The van der Waals surface area contributed by atoms with Gasteiger partial charge in [-0.05, 0) is 55.6 Å². The fourth-order valence-corrected chi connectivity index (χ4v) is 4.20. The first-order valence-corrected chi connectivity index (χ1v) is 8.71. The molecule has 0 aliphatic heterocycles. The van der Waals surface area contributed by atoms with Gasteiger partial charge in [-0.1, -0.05) is 86.0 Å². The molecule has 0 saturated heterocycles. The highest BCUT2D eigenvalue weighted by Gasteiger charge is 2.16. The van der Waals surface area contributed by atoms with E-state index in [2.05, 4.69) is 79.9 Å². The van der Waals surface area contributed by atoms with Crippen LogP contribution in [0.25, 0.3) is 55.2 Å². The summed E-state index contributed by atoms with van der Waals surface area (Å²) in [6, 6.07) is 27.7. The largest absolute Gasteiger partial charge is 0.0984 e. The van der Waals surface area contributed by atoms with Crippen LogP contribution in [-0.4, -0.2) is 0 Å². The van der Waals surface area contributed by atoms with Crippen molar-refractivity contribution in [1.82, 2.24) is 0 Å². The van der Waals surface area contributed by atoms with Crippen LogP contribution in [0.3, 0.4) is 0 Å². The van der Waals surface area contributed by atoms with Gasteiger partial charge in [0.2, 0.25) is 0 Å². The average molecular weight is 328 g/mol. The molecule has 5 aromatic carbocycles. The van der Waals surface area contributed by atoms with Crippen LogP contribution in [0.2, 0.25) is 0 Å². The molecule has 0 radical (unpaired) electrons. The molecule has 0 aliphatic rings. The van der Waals surface area contributed by atoms with Crippen molar-refractivity contribution in [2.24, 2.45) is 0 Å². The van der Waals surface area contributed by atoms with Gasteiger partial charge in [-0.25, -0.2) is 0 Å². The van der Waals surface area contributed by atoms with Crippen molar-refractivity contribution in [1.29, 1.82) is 0 Å². The highest BCUT2D eigenvalue weighted by atomic mass is 14.2. The molecule has 120 valence electrons. The summed E-state index contributed by atoms with van der Waals surface area (Å²) in [5, 5.41) is 9.62. The van der Waals surface area contributed by atoms with E-state index >= 15 is 0 Å². The summed E-state index contributed by atoms with van der Waals surface area (Å²) >= 11 is 0. The Morgan fingerprint density at radius 1 is 0.615 bits per heavy atom. The first-order chi connectivity index (χ1) is 12.8. The molecule has 0 spiro atoms. The smallest absolute Gasteiger partial charge is 0.0412 e. The van der Waals surface area contributed by atoms with Gasteiger partial charge >= 0.3 is 0 Å². The van der Waals surface area contributed by atoms with Gasteiger partial charge < -0.3 is 0 Å². The van der Waals surface area contributed by atoms with Crippen LogP contribution in [0.5, 0.6) is 0 Å². The Labute approximate surface area is 152 Å². The van der Waals surface area contributed by atoms with Gasteiger partial charge in [-0.2, -0.15) is 0 Å². The summed E-state index contributed by atoms with van der Waals surface area (Å²) in [5.74, 6) is 0. The number of fused-ring (bicyclic) bond motifs is 8. The summed E-state index contributed by atoms with van der Waals surface area (Å²) in [6.45, 7) is 8.19. The third-order valence-corrected chi connectivity index (χ3v) is 5.24. The Balaban J connectivity index is 2.30. The maximum Gasteiger partial charge on any atom is 0.0412 e. The number of benzene rings is 4. The molecule has 0 heterocycles. The van der Waals surface area contributed by atoms with Crippen LogP contribution in [0.15, 0.2) is 73.8 Å². The topological polar surface area (TPSA) is 0 Å². The Morgan fingerprint density at radius 2 is 1.23 bits per heavy atom. The third-order valence-electron chi connectivity index (χ3n) is 5.24. The molecule has 0 amide bonds. The van der Waals surface area contributed by atoms with Crippen molar-refractivity contribution in [3.05, 3.63) is 97.1 Å². The summed E-state index contributed by atoms with van der Waals surface area (Å²) in [7, 11) is 0. The van der Waals surface area contributed by atoms with E-state index in [9.17, 15) is 0 Å². The number of hydrogen-bond donors (Lipinski definition) is 0. The molecule has 0 fully saturated rings. The van der Waals surface area contributed by atoms with Crippen LogP contribution in [0.1, 0.15) is 11.1 Å². The lowest BCUT2D eigenvalue weighted by Crippen LogP contribution is -1.91. The molecule has 0 bridgehead atoms. The first-order valence-electron chi connectivity index (χ1n) is 8.71. The summed E-state index contributed by atoms with van der Waals surface area (Å²) in [6.07, 6.45) is 3.90. The second-order valence-corrected chi connectivity index (χ2v) is 6.47. The van der Waals surface area contributed by atoms with E-state index in [1.807, 2.05) is 18.2 Å². The summed E-state index contributed by atoms with van der Waals surface area (Å²) in [5.41, 5.74) is 2.26. The molecule has 0 N–H and O–H groups in total. The molecule has 5 rings (SSSR count). The van der Waals surface area contributed by atoms with E-state index in [4.69, 9.17) is 0 Å². The average Bonchev–Trinajstić information content (AvgIpc) is 2.72. The van der Waals surface area contributed by atoms with E-state index in [1.165, 1.54) is 37.7 Å². The molecule has 5 aromatic rings. The molecule has 0 nitrogen and oxygen atoms in total. The second kappa shape index (κ2) is 5.48. The highest BCUT2D eigenvalue weighted by Crippen LogP contribution is 2.42. The zero-order valence-electron chi connectivity index (χ0n) is 14.3. The van der Waals surface area contributed by atoms with Crippen molar-refractivity contribution in [2.45, 2.75) is 0 Å². The first kappa shape index (κ1) is 14.8. The summed E-state index contributed by atoms with van der Waals surface area (Å²) in [4.78, 5) is 0. The monoisotopic (exact) mass is 328 g/mol. The quantitative estimate of drug-likeness (QED) is 0.301. The molecule has 0 saturated carbocycles. The lowest BCUT2D eigenvalue weighted by Gasteiger charge is -2.17. The fraction of sp³-hybridized carbons (Fsp3) is 0. The zero-order chi connectivity index (χ0) is 17.7. The minimum Gasteiger partial charge on any atom is -0.0984 e. The van der Waals surface area contributed by atoms with Gasteiger partial charge in [0.15, 0.2) is 0 Å². The van der Waals surface area contributed by atoms with Crippen LogP contribution < -0.4 is 0 Å². The highest BCUT2D eigenvalue weighted by molar-refractivity contribution is 6.33. The van der Waals surface area contributed by atoms with Crippen molar-refractivity contribution in [2.75, 3.05) is 0 Å². The van der Waals surface area contributed by atoms with Crippen molar-refractivity contribution >= 4 is 55.2 Å². The van der Waals surface area contributed by atoms with Crippen molar-refractivity contribution in [3.63, 3.8) is 0 Å². The lowest BCUT2D eigenvalue weighted by atomic mass is 9.86. The lowest BCUT2D eigenvalue weighted by molar-refractivity contribution is 1.73. The molecule has 0 unspecified atom stereocenters. The molecule has 0 atom stereocenters. The minimum absolute atomic E-state index is 1.11. The van der Waals surface area contributed by atoms with E-state index in [0.29, 0.717) is 0 Å². The van der Waals surface area contributed by atoms with Crippen molar-refractivity contribution in [3.8, 4) is 0 Å². The minimum atomic E-state index is 1.11. The van der Waals surface area contributed by atoms with Crippen molar-refractivity contribution < 1.29 is 0 Å². The van der Waals surface area contributed by atoms with E-state index in [1.54, 1.807) is 0 Å². The predicted molar refractivity (Wildman–Crippen MR) is 114 cm³/mol. The van der Waals surface area contributed by atoms with Crippen LogP contribution in [0, 0.1) is 12.1 Å². The SMILES string of the molecule is C=Cc1c(C=C)c2c3ccccc3c3ccc#cc3c2c2ccccc12. The second-order valence-electron chi connectivity index (χ2n) is 6.47. The normalized spacial score (nSPS) is 11.1. The van der Waals surface area contributed by atoms with Gasteiger partial charge in [-0.3, -0.25) is 0 Å². The Hall–Kier alpha value is -3.56. The van der Waals surface area contributed by atoms with Crippen LogP contribution >= 0.6 is 0 Å². The van der Waals surface area contributed by atoms with Gasteiger partial charge in [0.1, 0.15) is 0 Å². The maximum absolute atomic E-state index is 4.12. The van der Waals surface area contributed by atoms with E-state index < -0.39 is 0 Å². The Kier molecular flexibility index (Phi) is 3.11. The molecule has 0 aromatic heterocycles. The molecule has 26 heavy (non-hydrogen) atoms. The van der Waals surface area contributed by atoms with Gasteiger partial charge in [-0.15, -0.1) is 0 Å². The Bertz CT molecular complexity index is 1350. The zero-order valence-corrected chi connectivity index (χ0v) is 14.3. The van der Waals surface area contributed by atoms with Crippen LogP contribution in [-0.2, 0) is 0 Å². The molecule has 0 heteroatoms. The van der Waals surface area contributed by atoms with Gasteiger partial charge in [0, 0.05) is 10.8 Å². The molecule has 0 aliphatic carbocycles. The van der Waals surface area contributed by atoms with E-state index in [0.717, 1.165) is 16.5 Å². The maximum atomic E-state index is 4.12. The molecular weight excluding hydrogens is 312 g/mol. The Morgan fingerprint density at radius 3 is 1.92 bits per heavy atom. The molecular formula is C26H16. The van der Waals surface area contributed by atoms with Gasteiger partial charge in [0.05, 0.1) is 0 Å². The number of hydrogen-bond acceptors (Lipinski definition) is 0. The standard InChI is InChI=1S/C26H16/c1-3-17-18(4-2)25-23-15-9-6-12-20(23)21-13-7-10-16-24(21)26(25)22-14-8-5-11-19(17)22/h3-9,11-15H,1-2H2. The predicted octanol–water partition coefficient (Wildman–Crippen LogP) is 7.19. The third kappa shape index (κ3) is 1.80.